The van der Waals surface area contributed by atoms with E-state index in [1.54, 1.807) is 0 Å². The van der Waals surface area contributed by atoms with Crippen molar-refractivity contribution in [1.29, 1.82) is 0 Å². The molecule has 0 unspecified atom stereocenters. The van der Waals surface area contributed by atoms with Crippen molar-refractivity contribution < 1.29 is 4.79 Å². The van der Waals surface area contributed by atoms with Gasteiger partial charge >= 0.3 is 0 Å². The summed E-state index contributed by atoms with van der Waals surface area (Å²) in [5.74, 6) is 0.283. The van der Waals surface area contributed by atoms with E-state index in [-0.39, 0.29) is 5.78 Å². The molecule has 0 rings (SSSR count). The molecule has 0 amide bonds. The molecule has 0 saturated heterocycles. The van der Waals surface area contributed by atoms with Crippen LogP contribution >= 0.6 is 0 Å². The van der Waals surface area contributed by atoms with Gasteiger partial charge in [0.25, 0.3) is 0 Å². The molecule has 0 radical (unpaired) electrons. The Kier molecular flexibility index (Phi) is 5.75. The Labute approximate surface area is 68.5 Å². The normalized spacial score (nSPS) is 9.64. The number of rotatable bonds is 6. The molecule has 2 nitrogen and oxygen atoms in total. The van der Waals surface area contributed by atoms with Gasteiger partial charge in [-0.1, -0.05) is 12.2 Å². The summed E-state index contributed by atoms with van der Waals surface area (Å²) in [5.41, 5.74) is 6.23. The molecule has 2 N–H and O–H groups in total. The molecule has 2 heteroatoms. The Morgan fingerprint density at radius 3 is 2.55 bits per heavy atom. The van der Waals surface area contributed by atoms with Crippen LogP contribution in [0.25, 0.3) is 0 Å². The average molecular weight is 155 g/mol. The maximum Gasteiger partial charge on any atom is 0.136 e. The topological polar surface area (TPSA) is 43.1 Å². The van der Waals surface area contributed by atoms with Crippen LogP contribution in [0, 0.1) is 0 Å². The molecule has 0 atom stereocenters. The molecule has 0 fully saturated rings. The van der Waals surface area contributed by atoms with Crippen molar-refractivity contribution in [3.8, 4) is 0 Å². The Balaban J connectivity index is 3.30. The Hall–Kier alpha value is -0.630. The molecule has 0 aliphatic carbocycles. The highest BCUT2D eigenvalue weighted by Crippen LogP contribution is 2.03. The van der Waals surface area contributed by atoms with Crippen LogP contribution in [-0.4, -0.2) is 12.3 Å². The summed E-state index contributed by atoms with van der Waals surface area (Å²) in [7, 11) is 0. The summed E-state index contributed by atoms with van der Waals surface area (Å²) in [6.45, 7) is 6.23. The minimum absolute atomic E-state index is 0.283. The number of unbranched alkanes of at least 4 members (excludes halogenated alkanes) is 1. The third-order valence-corrected chi connectivity index (χ3v) is 1.41. The Bertz CT molecular complexity index is 140. The van der Waals surface area contributed by atoms with Crippen LogP contribution in [0.4, 0.5) is 0 Å². The molecule has 11 heavy (non-hydrogen) atoms. The zero-order valence-electron chi connectivity index (χ0n) is 7.23. The molecule has 0 aromatic rings. The number of carbonyl (C=O) groups is 1. The Morgan fingerprint density at radius 1 is 1.45 bits per heavy atom. The van der Waals surface area contributed by atoms with E-state index in [9.17, 15) is 4.79 Å². The summed E-state index contributed by atoms with van der Waals surface area (Å²) in [6, 6.07) is 0. The van der Waals surface area contributed by atoms with Crippen LogP contribution in [0.5, 0.6) is 0 Å². The highest BCUT2D eigenvalue weighted by molar-refractivity contribution is 5.80. The second-order valence-electron chi connectivity index (χ2n) is 2.92. The first kappa shape index (κ1) is 10.4. The van der Waals surface area contributed by atoms with Gasteiger partial charge in [0.1, 0.15) is 5.78 Å². The van der Waals surface area contributed by atoms with Gasteiger partial charge in [-0.05, 0) is 26.3 Å². The number of ketones is 1. The van der Waals surface area contributed by atoms with Crippen molar-refractivity contribution in [3.63, 3.8) is 0 Å². The molecule has 64 valence electrons. The molecule has 0 heterocycles. The van der Waals surface area contributed by atoms with Gasteiger partial charge in [0, 0.05) is 12.8 Å². The van der Waals surface area contributed by atoms with E-state index < -0.39 is 0 Å². The molecule has 0 bridgehead atoms. The maximum absolute atomic E-state index is 11.0. The van der Waals surface area contributed by atoms with E-state index in [0.29, 0.717) is 19.4 Å². The predicted octanol–water partition coefficient (Wildman–Crippen LogP) is 1.65. The van der Waals surface area contributed by atoms with Crippen molar-refractivity contribution in [2.45, 2.75) is 32.6 Å². The van der Waals surface area contributed by atoms with E-state index >= 15 is 0 Å². The Morgan fingerprint density at radius 2 is 2.09 bits per heavy atom. The molecule has 0 spiro atoms. The monoisotopic (exact) mass is 155 g/mol. The number of hydrogen-bond donors (Lipinski definition) is 1. The zero-order chi connectivity index (χ0) is 8.69. The van der Waals surface area contributed by atoms with E-state index in [1.807, 2.05) is 6.92 Å². The van der Waals surface area contributed by atoms with Crippen LogP contribution in [0.2, 0.25) is 0 Å². The SMILES string of the molecule is C=C(C)CC(=O)CCCCN. The second-order valence-corrected chi connectivity index (χ2v) is 2.92. The van der Waals surface area contributed by atoms with E-state index in [1.165, 1.54) is 0 Å². The standard InChI is InChI=1S/C9H17NO/c1-8(2)7-9(11)5-3-4-6-10/h1,3-7,10H2,2H3. The van der Waals surface area contributed by atoms with Crippen LogP contribution in [0.3, 0.4) is 0 Å². The van der Waals surface area contributed by atoms with E-state index in [4.69, 9.17) is 5.73 Å². The number of carbonyl (C=O) groups excluding carboxylic acids is 1. The van der Waals surface area contributed by atoms with Gasteiger partial charge in [0.2, 0.25) is 0 Å². The molecular weight excluding hydrogens is 138 g/mol. The van der Waals surface area contributed by atoms with Crippen molar-refractivity contribution >= 4 is 5.78 Å². The van der Waals surface area contributed by atoms with Gasteiger partial charge < -0.3 is 5.73 Å². The highest BCUT2D eigenvalue weighted by atomic mass is 16.1. The third-order valence-electron chi connectivity index (χ3n) is 1.41. The van der Waals surface area contributed by atoms with Crippen LogP contribution in [0.1, 0.15) is 32.6 Å². The highest BCUT2D eigenvalue weighted by Gasteiger charge is 2.00. The third kappa shape index (κ3) is 7.26. The number of Topliss-reactive ketones (excluding diaryl/α,β-unsaturated/α-hetero) is 1. The van der Waals surface area contributed by atoms with E-state index in [0.717, 1.165) is 18.4 Å². The number of allylic oxidation sites excluding steroid dienone is 1. The lowest BCUT2D eigenvalue weighted by atomic mass is 10.1. The minimum Gasteiger partial charge on any atom is -0.330 e. The number of nitrogens with two attached hydrogens (primary N) is 1. The fourth-order valence-electron chi connectivity index (χ4n) is 0.891. The van der Waals surface area contributed by atoms with Crippen molar-refractivity contribution in [2.75, 3.05) is 6.54 Å². The lowest BCUT2D eigenvalue weighted by Gasteiger charge is -1.98. The summed E-state index contributed by atoms with van der Waals surface area (Å²) >= 11 is 0. The van der Waals surface area contributed by atoms with Gasteiger partial charge in [0.15, 0.2) is 0 Å². The largest absolute Gasteiger partial charge is 0.330 e. The molecule has 0 aromatic carbocycles. The summed E-state index contributed by atoms with van der Waals surface area (Å²) in [4.78, 5) is 11.0. The first-order valence-electron chi connectivity index (χ1n) is 4.03. The van der Waals surface area contributed by atoms with Crippen molar-refractivity contribution in [1.82, 2.24) is 0 Å². The van der Waals surface area contributed by atoms with Gasteiger partial charge in [-0.3, -0.25) is 4.79 Å². The maximum atomic E-state index is 11.0. The fraction of sp³-hybridized carbons (Fsp3) is 0.667. The second kappa shape index (κ2) is 6.10. The quantitative estimate of drug-likeness (QED) is 0.468. The number of hydrogen-bond acceptors (Lipinski definition) is 2. The van der Waals surface area contributed by atoms with E-state index in [2.05, 4.69) is 6.58 Å². The fourth-order valence-corrected chi connectivity index (χ4v) is 0.891. The smallest absolute Gasteiger partial charge is 0.136 e. The molecule has 0 aromatic heterocycles. The first-order chi connectivity index (χ1) is 5.16. The zero-order valence-corrected chi connectivity index (χ0v) is 7.23. The van der Waals surface area contributed by atoms with Crippen LogP contribution in [-0.2, 0) is 4.79 Å². The van der Waals surface area contributed by atoms with Gasteiger partial charge in [-0.25, -0.2) is 0 Å². The first-order valence-corrected chi connectivity index (χ1v) is 4.03. The summed E-state index contributed by atoms with van der Waals surface area (Å²) < 4.78 is 0. The summed E-state index contributed by atoms with van der Waals surface area (Å²) in [6.07, 6.45) is 3.05. The van der Waals surface area contributed by atoms with Gasteiger partial charge in [-0.2, -0.15) is 0 Å². The predicted molar refractivity (Wildman–Crippen MR) is 47.3 cm³/mol. The molecule has 0 aliphatic rings. The molecule has 0 aliphatic heterocycles. The van der Waals surface area contributed by atoms with Gasteiger partial charge in [0.05, 0.1) is 0 Å². The lowest BCUT2D eigenvalue weighted by Crippen LogP contribution is -2.02. The summed E-state index contributed by atoms with van der Waals surface area (Å²) in [5, 5.41) is 0. The van der Waals surface area contributed by atoms with Crippen LogP contribution < -0.4 is 5.73 Å². The average Bonchev–Trinajstić information content (AvgIpc) is 1.86. The molecular formula is C9H17NO. The minimum atomic E-state index is 0.283. The lowest BCUT2D eigenvalue weighted by molar-refractivity contribution is -0.118. The van der Waals surface area contributed by atoms with Crippen LogP contribution in [0.15, 0.2) is 12.2 Å². The molecule has 0 saturated carbocycles. The van der Waals surface area contributed by atoms with Crippen molar-refractivity contribution in [2.24, 2.45) is 5.73 Å². The van der Waals surface area contributed by atoms with Crippen molar-refractivity contribution in [3.05, 3.63) is 12.2 Å². The van der Waals surface area contributed by atoms with Gasteiger partial charge in [-0.15, -0.1) is 0 Å².